The summed E-state index contributed by atoms with van der Waals surface area (Å²) < 4.78 is 17.5. The fourth-order valence-electron chi connectivity index (χ4n) is 4.43. The molecule has 1 atom stereocenters. The second-order valence-electron chi connectivity index (χ2n) is 8.55. The van der Waals surface area contributed by atoms with Gasteiger partial charge in [-0.2, -0.15) is 0 Å². The van der Waals surface area contributed by atoms with E-state index < -0.39 is 11.9 Å². The third kappa shape index (κ3) is 3.93. The number of benzene rings is 2. The van der Waals surface area contributed by atoms with E-state index in [1.807, 2.05) is 31.2 Å². The van der Waals surface area contributed by atoms with E-state index >= 15 is 0 Å². The number of carbonyl (C=O) groups is 1. The molecule has 178 valence electrons. The van der Waals surface area contributed by atoms with E-state index in [-0.39, 0.29) is 11.2 Å². The summed E-state index contributed by atoms with van der Waals surface area (Å²) in [6.07, 6.45) is 3.56. The normalized spacial score (nSPS) is 14.9. The molecule has 1 amide bonds. The van der Waals surface area contributed by atoms with E-state index in [1.165, 1.54) is 4.90 Å². The van der Waals surface area contributed by atoms with Crippen molar-refractivity contribution in [1.29, 1.82) is 0 Å². The number of aromatic nitrogens is 1. The molecule has 0 saturated carbocycles. The lowest BCUT2D eigenvalue weighted by Crippen LogP contribution is -2.30. The summed E-state index contributed by atoms with van der Waals surface area (Å²) in [7, 11) is 1.57. The quantitative estimate of drug-likeness (QED) is 0.335. The number of nitrogens with zero attached hydrogens (tertiary/aromatic N) is 2. The van der Waals surface area contributed by atoms with E-state index in [4.69, 9.17) is 13.9 Å². The molecule has 7 heteroatoms. The van der Waals surface area contributed by atoms with Crippen LogP contribution < -0.4 is 19.8 Å². The van der Waals surface area contributed by atoms with Crippen LogP contribution in [0.15, 0.2) is 70.0 Å². The Bertz CT molecular complexity index is 1460. The van der Waals surface area contributed by atoms with Crippen molar-refractivity contribution >= 4 is 22.7 Å². The molecule has 3 heterocycles. The number of unbranched alkanes of at least 4 members (excludes halogenated alkanes) is 1. The van der Waals surface area contributed by atoms with Crippen molar-refractivity contribution in [3.05, 3.63) is 93.5 Å². The predicted octanol–water partition coefficient (Wildman–Crippen LogP) is 5.43. The molecular weight excluding hydrogens is 444 g/mol. The number of ether oxygens (including phenoxy) is 2. The number of aryl methyl sites for hydroxylation is 1. The van der Waals surface area contributed by atoms with Crippen LogP contribution >= 0.6 is 0 Å². The number of rotatable bonds is 7. The highest BCUT2D eigenvalue weighted by Crippen LogP contribution is 2.42. The van der Waals surface area contributed by atoms with Crippen LogP contribution in [0.3, 0.4) is 0 Å². The molecule has 0 aliphatic carbocycles. The maximum Gasteiger partial charge on any atom is 0.296 e. The first-order chi connectivity index (χ1) is 17.0. The van der Waals surface area contributed by atoms with Crippen LogP contribution in [0.1, 0.15) is 53.1 Å². The largest absolute Gasteiger partial charge is 0.493 e. The summed E-state index contributed by atoms with van der Waals surface area (Å²) >= 11 is 0. The van der Waals surface area contributed by atoms with Gasteiger partial charge in [-0.05, 0) is 55.3 Å². The van der Waals surface area contributed by atoms with E-state index in [1.54, 1.807) is 43.6 Å². The van der Waals surface area contributed by atoms with Gasteiger partial charge in [0.25, 0.3) is 5.91 Å². The summed E-state index contributed by atoms with van der Waals surface area (Å²) in [6.45, 7) is 4.59. The average Bonchev–Trinajstić information content (AvgIpc) is 3.17. The lowest BCUT2D eigenvalue weighted by Gasteiger charge is -2.25. The Kier molecular flexibility index (Phi) is 5.99. The molecule has 0 fully saturated rings. The smallest absolute Gasteiger partial charge is 0.296 e. The average molecular weight is 471 g/mol. The Hall–Kier alpha value is -4.13. The van der Waals surface area contributed by atoms with Gasteiger partial charge in [-0.1, -0.05) is 37.1 Å². The summed E-state index contributed by atoms with van der Waals surface area (Å²) in [6, 6.07) is 15.4. The number of hydrogen-bond acceptors (Lipinski definition) is 6. The highest BCUT2D eigenvalue weighted by Gasteiger charge is 2.44. The molecule has 5 rings (SSSR count). The lowest BCUT2D eigenvalue weighted by molar-refractivity contribution is 0.0970. The summed E-state index contributed by atoms with van der Waals surface area (Å²) in [5.41, 5.74) is 2.07. The van der Waals surface area contributed by atoms with Crippen molar-refractivity contribution in [2.75, 3.05) is 18.6 Å². The molecule has 0 radical (unpaired) electrons. The molecule has 0 bridgehead atoms. The van der Waals surface area contributed by atoms with Gasteiger partial charge in [0, 0.05) is 6.20 Å². The molecule has 35 heavy (non-hydrogen) atoms. The molecule has 1 aliphatic rings. The Morgan fingerprint density at radius 3 is 2.66 bits per heavy atom. The molecule has 0 saturated heterocycles. The maximum atomic E-state index is 13.8. The molecule has 0 N–H and O–H groups in total. The molecule has 2 aromatic heterocycles. The Morgan fingerprint density at radius 2 is 1.91 bits per heavy atom. The van der Waals surface area contributed by atoms with Gasteiger partial charge in [-0.25, -0.2) is 4.98 Å². The van der Waals surface area contributed by atoms with Gasteiger partial charge in [0.2, 0.25) is 5.76 Å². The van der Waals surface area contributed by atoms with Crippen LogP contribution in [0.4, 0.5) is 5.82 Å². The third-order valence-electron chi connectivity index (χ3n) is 6.18. The van der Waals surface area contributed by atoms with Crippen molar-refractivity contribution in [2.45, 2.75) is 32.7 Å². The zero-order valence-corrected chi connectivity index (χ0v) is 19.9. The van der Waals surface area contributed by atoms with Crippen LogP contribution in [0.5, 0.6) is 11.5 Å². The second-order valence-corrected chi connectivity index (χ2v) is 8.55. The van der Waals surface area contributed by atoms with Crippen molar-refractivity contribution in [1.82, 2.24) is 4.98 Å². The minimum absolute atomic E-state index is 0.0317. The van der Waals surface area contributed by atoms with Crippen LogP contribution in [-0.4, -0.2) is 24.6 Å². The van der Waals surface area contributed by atoms with Gasteiger partial charge in [0.05, 0.1) is 30.7 Å². The van der Waals surface area contributed by atoms with Crippen LogP contribution in [-0.2, 0) is 0 Å². The Morgan fingerprint density at radius 1 is 1.06 bits per heavy atom. The summed E-state index contributed by atoms with van der Waals surface area (Å²) in [4.78, 5) is 33.3. The maximum absolute atomic E-state index is 13.8. The molecule has 1 aliphatic heterocycles. The Balaban J connectivity index is 1.71. The number of fused-ring (bicyclic) bond motifs is 2. The molecule has 0 spiro atoms. The molecule has 2 aromatic carbocycles. The van der Waals surface area contributed by atoms with Crippen molar-refractivity contribution < 1.29 is 18.7 Å². The fraction of sp³-hybridized carbons (Fsp3) is 0.250. The predicted molar refractivity (Wildman–Crippen MR) is 134 cm³/mol. The number of hydrogen-bond donors (Lipinski definition) is 0. The minimum Gasteiger partial charge on any atom is -0.493 e. The van der Waals surface area contributed by atoms with Crippen LogP contribution in [0, 0.1) is 6.92 Å². The van der Waals surface area contributed by atoms with E-state index in [0.29, 0.717) is 46.0 Å². The SMILES string of the molecule is CCCCOc1ccc(C2c3c(oc4ccc(C)cc4c3=O)C(=O)N2c2ccccn2)cc1OC. The van der Waals surface area contributed by atoms with Gasteiger partial charge < -0.3 is 13.9 Å². The van der Waals surface area contributed by atoms with Gasteiger partial charge in [-0.3, -0.25) is 14.5 Å². The monoisotopic (exact) mass is 470 g/mol. The molecule has 7 nitrogen and oxygen atoms in total. The topological polar surface area (TPSA) is 81.9 Å². The summed E-state index contributed by atoms with van der Waals surface area (Å²) in [5, 5.41) is 0.441. The zero-order valence-electron chi connectivity index (χ0n) is 19.9. The first-order valence-electron chi connectivity index (χ1n) is 11.7. The van der Waals surface area contributed by atoms with Gasteiger partial charge in [-0.15, -0.1) is 0 Å². The van der Waals surface area contributed by atoms with Gasteiger partial charge >= 0.3 is 0 Å². The Labute approximate surface area is 202 Å². The highest BCUT2D eigenvalue weighted by molar-refractivity contribution is 6.10. The number of pyridine rings is 1. The number of amides is 1. The molecular formula is C28H26N2O5. The van der Waals surface area contributed by atoms with Crippen LogP contribution in [0.25, 0.3) is 11.0 Å². The number of carbonyl (C=O) groups excluding carboxylic acids is 1. The van der Waals surface area contributed by atoms with E-state index in [2.05, 4.69) is 11.9 Å². The number of methoxy groups -OCH3 is 1. The minimum atomic E-state index is -0.729. The van der Waals surface area contributed by atoms with E-state index in [0.717, 1.165) is 18.4 Å². The van der Waals surface area contributed by atoms with E-state index in [9.17, 15) is 9.59 Å². The molecule has 4 aromatic rings. The lowest BCUT2D eigenvalue weighted by atomic mass is 9.97. The molecule has 1 unspecified atom stereocenters. The third-order valence-corrected chi connectivity index (χ3v) is 6.18. The fourth-order valence-corrected chi connectivity index (χ4v) is 4.43. The van der Waals surface area contributed by atoms with Crippen molar-refractivity contribution in [2.24, 2.45) is 0 Å². The van der Waals surface area contributed by atoms with Crippen molar-refractivity contribution in [3.63, 3.8) is 0 Å². The summed E-state index contributed by atoms with van der Waals surface area (Å²) in [5.74, 6) is 1.19. The standard InChI is InChI=1S/C28H26N2O5/c1-4-5-14-34-21-12-10-18(16-22(21)33-3)25-24-26(31)19-15-17(2)9-11-20(19)35-27(24)28(32)30(25)23-8-6-7-13-29-23/h6-13,15-16,25H,4-5,14H2,1-3H3. The van der Waals surface area contributed by atoms with Gasteiger partial charge in [0.15, 0.2) is 16.9 Å². The number of anilines is 1. The van der Waals surface area contributed by atoms with Crippen LogP contribution in [0.2, 0.25) is 0 Å². The highest BCUT2D eigenvalue weighted by atomic mass is 16.5. The first-order valence-corrected chi connectivity index (χ1v) is 11.7. The first kappa shape index (κ1) is 22.7. The zero-order chi connectivity index (χ0) is 24.5. The van der Waals surface area contributed by atoms with Crippen molar-refractivity contribution in [3.8, 4) is 11.5 Å². The van der Waals surface area contributed by atoms with Gasteiger partial charge in [0.1, 0.15) is 11.4 Å². The second kappa shape index (κ2) is 9.25.